The molecule has 2 aromatic heterocycles. The highest BCUT2D eigenvalue weighted by atomic mass is 16.5. The molecular weight excluding hydrogens is 378 g/mol. The van der Waals surface area contributed by atoms with Crippen molar-refractivity contribution in [2.75, 3.05) is 7.11 Å². The molecule has 2 heterocycles. The second kappa shape index (κ2) is 8.96. The fourth-order valence-corrected chi connectivity index (χ4v) is 3.08. The van der Waals surface area contributed by atoms with Crippen molar-refractivity contribution in [1.29, 1.82) is 0 Å². The summed E-state index contributed by atoms with van der Waals surface area (Å²) in [5, 5.41) is 7.57. The van der Waals surface area contributed by atoms with Crippen LogP contribution in [0.4, 0.5) is 0 Å². The third kappa shape index (κ3) is 4.33. The van der Waals surface area contributed by atoms with Gasteiger partial charge in [-0.05, 0) is 42.5 Å². The number of carbonyl (C=O) groups excluding carboxylic acids is 1. The van der Waals surface area contributed by atoms with Gasteiger partial charge in [0, 0.05) is 23.4 Å². The average molecular weight is 399 g/mol. The summed E-state index contributed by atoms with van der Waals surface area (Å²) in [6.07, 6.45) is 6.72. The Kier molecular flexibility index (Phi) is 5.75. The molecule has 0 atom stereocenters. The van der Waals surface area contributed by atoms with Gasteiger partial charge in [0.2, 0.25) is 5.91 Å². The number of benzene rings is 2. The van der Waals surface area contributed by atoms with Gasteiger partial charge in [-0.25, -0.2) is 4.68 Å². The zero-order chi connectivity index (χ0) is 20.8. The van der Waals surface area contributed by atoms with E-state index in [0.717, 1.165) is 22.5 Å². The summed E-state index contributed by atoms with van der Waals surface area (Å²) < 4.78 is 12.5. The lowest BCUT2D eigenvalue weighted by Crippen LogP contribution is -2.19. The Bertz CT molecular complexity index is 1150. The van der Waals surface area contributed by atoms with E-state index >= 15 is 0 Å². The Morgan fingerprint density at radius 1 is 1.10 bits per heavy atom. The Morgan fingerprint density at radius 2 is 1.90 bits per heavy atom. The number of methoxy groups -OCH3 is 1. The minimum atomic E-state index is -0.218. The highest BCUT2D eigenvalue weighted by molar-refractivity contribution is 5.93. The summed E-state index contributed by atoms with van der Waals surface area (Å²) in [6.45, 7) is 0.332. The summed E-state index contributed by atoms with van der Waals surface area (Å²) >= 11 is 0. The third-order valence-corrected chi connectivity index (χ3v) is 4.56. The molecule has 0 aliphatic heterocycles. The zero-order valence-electron chi connectivity index (χ0n) is 16.5. The number of hydrogen-bond donors (Lipinski definition) is 1. The van der Waals surface area contributed by atoms with E-state index in [-0.39, 0.29) is 5.91 Å². The second-order valence-electron chi connectivity index (χ2n) is 6.54. The Hall–Kier alpha value is -4.06. The predicted octanol–water partition coefficient (Wildman–Crippen LogP) is 4.47. The smallest absolute Gasteiger partial charge is 0.244 e. The van der Waals surface area contributed by atoms with Crippen LogP contribution in [0.15, 0.2) is 89.7 Å². The Balaban J connectivity index is 1.65. The van der Waals surface area contributed by atoms with E-state index in [9.17, 15) is 4.79 Å². The molecule has 0 spiro atoms. The van der Waals surface area contributed by atoms with Gasteiger partial charge in [0.05, 0.1) is 25.6 Å². The minimum Gasteiger partial charge on any atom is -0.496 e. The SMILES string of the molecule is COc1ccccc1-c1nn(-c2ccccc2)cc1/C=C/C(=O)NCc1ccco1. The molecule has 0 saturated carbocycles. The molecular formula is C24H21N3O3. The topological polar surface area (TPSA) is 69.3 Å². The number of amides is 1. The fraction of sp³-hybridized carbons (Fsp3) is 0.0833. The molecule has 1 amide bonds. The van der Waals surface area contributed by atoms with Crippen molar-refractivity contribution < 1.29 is 13.9 Å². The van der Waals surface area contributed by atoms with Crippen molar-refractivity contribution in [1.82, 2.24) is 15.1 Å². The second-order valence-corrected chi connectivity index (χ2v) is 6.54. The molecule has 0 aliphatic rings. The van der Waals surface area contributed by atoms with Gasteiger partial charge in [0.15, 0.2) is 0 Å². The average Bonchev–Trinajstić information content (AvgIpc) is 3.47. The van der Waals surface area contributed by atoms with Crippen LogP contribution < -0.4 is 10.1 Å². The number of nitrogens with zero attached hydrogens (tertiary/aromatic N) is 2. The molecule has 2 aromatic carbocycles. The number of ether oxygens (including phenoxy) is 1. The zero-order valence-corrected chi connectivity index (χ0v) is 16.5. The quantitative estimate of drug-likeness (QED) is 0.466. The largest absolute Gasteiger partial charge is 0.496 e. The Labute approximate surface area is 174 Å². The molecule has 30 heavy (non-hydrogen) atoms. The number of carbonyl (C=O) groups is 1. The van der Waals surface area contributed by atoms with Crippen LogP contribution in [0.2, 0.25) is 0 Å². The first-order valence-electron chi connectivity index (χ1n) is 9.51. The molecule has 6 heteroatoms. The molecule has 0 bridgehead atoms. The molecule has 0 aliphatic carbocycles. The van der Waals surface area contributed by atoms with Gasteiger partial charge in [-0.2, -0.15) is 5.10 Å². The van der Waals surface area contributed by atoms with E-state index in [1.54, 1.807) is 30.2 Å². The molecule has 0 fully saturated rings. The van der Waals surface area contributed by atoms with Crippen molar-refractivity contribution in [3.05, 3.63) is 96.6 Å². The number of para-hydroxylation sites is 2. The normalized spacial score (nSPS) is 11.0. The van der Waals surface area contributed by atoms with Crippen molar-refractivity contribution in [3.63, 3.8) is 0 Å². The lowest BCUT2D eigenvalue weighted by Gasteiger charge is -2.06. The van der Waals surface area contributed by atoms with E-state index in [4.69, 9.17) is 14.3 Å². The van der Waals surface area contributed by atoms with E-state index in [1.165, 1.54) is 6.08 Å². The number of hydrogen-bond acceptors (Lipinski definition) is 4. The van der Waals surface area contributed by atoms with Crippen LogP contribution in [0, 0.1) is 0 Å². The maximum absolute atomic E-state index is 12.3. The molecule has 0 unspecified atom stereocenters. The first kappa shape index (κ1) is 19.3. The van der Waals surface area contributed by atoms with E-state index in [0.29, 0.717) is 18.1 Å². The van der Waals surface area contributed by atoms with Gasteiger partial charge >= 0.3 is 0 Å². The number of furan rings is 1. The minimum absolute atomic E-state index is 0.218. The fourth-order valence-electron chi connectivity index (χ4n) is 3.08. The van der Waals surface area contributed by atoms with Crippen LogP contribution in [0.5, 0.6) is 5.75 Å². The van der Waals surface area contributed by atoms with Crippen molar-refractivity contribution in [3.8, 4) is 22.7 Å². The molecule has 1 N–H and O–H groups in total. The molecule has 4 aromatic rings. The van der Waals surface area contributed by atoms with Gasteiger partial charge < -0.3 is 14.5 Å². The molecule has 0 saturated heterocycles. The van der Waals surface area contributed by atoms with Crippen molar-refractivity contribution in [2.24, 2.45) is 0 Å². The first-order chi connectivity index (χ1) is 14.7. The van der Waals surface area contributed by atoms with Crippen LogP contribution in [-0.2, 0) is 11.3 Å². The van der Waals surface area contributed by atoms with Crippen LogP contribution in [0.25, 0.3) is 23.0 Å². The van der Waals surface area contributed by atoms with E-state index in [1.807, 2.05) is 66.9 Å². The highest BCUT2D eigenvalue weighted by Gasteiger charge is 2.14. The van der Waals surface area contributed by atoms with Crippen molar-refractivity contribution >= 4 is 12.0 Å². The maximum atomic E-state index is 12.3. The van der Waals surface area contributed by atoms with Gasteiger partial charge in [-0.1, -0.05) is 30.3 Å². The summed E-state index contributed by atoms with van der Waals surface area (Å²) in [7, 11) is 1.63. The Morgan fingerprint density at radius 3 is 2.67 bits per heavy atom. The lowest BCUT2D eigenvalue weighted by atomic mass is 10.1. The monoisotopic (exact) mass is 399 g/mol. The molecule has 150 valence electrons. The summed E-state index contributed by atoms with van der Waals surface area (Å²) in [5.41, 5.74) is 3.31. The molecule has 6 nitrogen and oxygen atoms in total. The van der Waals surface area contributed by atoms with E-state index < -0.39 is 0 Å². The third-order valence-electron chi connectivity index (χ3n) is 4.56. The lowest BCUT2D eigenvalue weighted by molar-refractivity contribution is -0.116. The van der Waals surface area contributed by atoms with Crippen LogP contribution >= 0.6 is 0 Å². The predicted molar refractivity (Wildman–Crippen MR) is 115 cm³/mol. The van der Waals surface area contributed by atoms with Crippen LogP contribution in [0.1, 0.15) is 11.3 Å². The van der Waals surface area contributed by atoms with Gasteiger partial charge in [-0.3, -0.25) is 4.79 Å². The molecule has 4 rings (SSSR count). The molecule has 0 radical (unpaired) electrons. The van der Waals surface area contributed by atoms with Gasteiger partial charge in [0.1, 0.15) is 17.2 Å². The summed E-state index contributed by atoms with van der Waals surface area (Å²) in [5.74, 6) is 1.20. The van der Waals surface area contributed by atoms with Crippen LogP contribution in [-0.4, -0.2) is 22.8 Å². The van der Waals surface area contributed by atoms with Gasteiger partial charge in [0.25, 0.3) is 0 Å². The standard InChI is InChI=1S/C24H21N3O3/c1-29-22-12-6-5-11-21(22)24-18(17-27(26-24)19-8-3-2-4-9-19)13-14-23(28)25-16-20-10-7-15-30-20/h2-15,17H,16H2,1H3,(H,25,28)/b14-13+. The van der Waals surface area contributed by atoms with Crippen molar-refractivity contribution in [2.45, 2.75) is 6.54 Å². The number of rotatable bonds is 7. The highest BCUT2D eigenvalue weighted by Crippen LogP contribution is 2.32. The number of nitrogens with one attached hydrogen (secondary N) is 1. The summed E-state index contributed by atoms with van der Waals surface area (Å²) in [4.78, 5) is 12.3. The van der Waals surface area contributed by atoms with Gasteiger partial charge in [-0.15, -0.1) is 0 Å². The summed E-state index contributed by atoms with van der Waals surface area (Å²) in [6, 6.07) is 21.1. The number of aromatic nitrogens is 2. The first-order valence-corrected chi connectivity index (χ1v) is 9.51. The van der Waals surface area contributed by atoms with Crippen LogP contribution in [0.3, 0.4) is 0 Å². The van der Waals surface area contributed by atoms with E-state index in [2.05, 4.69) is 5.32 Å². The maximum Gasteiger partial charge on any atom is 0.244 e.